The van der Waals surface area contributed by atoms with E-state index in [1.807, 2.05) is 35.0 Å². The highest BCUT2D eigenvalue weighted by Gasteiger charge is 2.08. The van der Waals surface area contributed by atoms with Gasteiger partial charge in [-0.05, 0) is 29.5 Å². The van der Waals surface area contributed by atoms with Crippen LogP contribution in [0.5, 0.6) is 0 Å². The minimum absolute atomic E-state index is 0.535. The van der Waals surface area contributed by atoms with Crippen LogP contribution >= 0.6 is 0 Å². The van der Waals surface area contributed by atoms with E-state index in [0.717, 1.165) is 17.1 Å². The van der Waals surface area contributed by atoms with Gasteiger partial charge in [-0.25, -0.2) is 4.98 Å². The number of hydrogen-bond donors (Lipinski definition) is 1. The largest absolute Gasteiger partial charge is 0.399 e. The van der Waals surface area contributed by atoms with Gasteiger partial charge in [0.25, 0.3) is 0 Å². The maximum Gasteiger partial charge on any atom is 0.194 e. The third-order valence-corrected chi connectivity index (χ3v) is 2.75. The standard InChI is InChI=1S/C12H13N7/c1-18-16-11(15-17-18)8-19-7-6-14-12(19)9-2-4-10(13)5-3-9/h2-7H,8,13H2,1H3. The van der Waals surface area contributed by atoms with E-state index in [2.05, 4.69) is 20.4 Å². The number of hydrogen-bond acceptors (Lipinski definition) is 5. The second-order valence-electron chi connectivity index (χ2n) is 4.20. The van der Waals surface area contributed by atoms with Gasteiger partial charge in [0.15, 0.2) is 5.82 Å². The Morgan fingerprint density at radius 1 is 1.21 bits per heavy atom. The van der Waals surface area contributed by atoms with Crippen molar-refractivity contribution in [3.05, 3.63) is 42.5 Å². The summed E-state index contributed by atoms with van der Waals surface area (Å²) in [6.45, 7) is 0.535. The number of tetrazole rings is 1. The lowest BCUT2D eigenvalue weighted by Gasteiger charge is -2.05. The molecular formula is C12H13N7. The van der Waals surface area contributed by atoms with Gasteiger partial charge in [0.2, 0.25) is 0 Å². The molecule has 1 aromatic carbocycles. The Morgan fingerprint density at radius 3 is 2.68 bits per heavy atom. The van der Waals surface area contributed by atoms with Crippen molar-refractivity contribution in [3.63, 3.8) is 0 Å². The summed E-state index contributed by atoms with van der Waals surface area (Å²) in [5.74, 6) is 1.50. The first kappa shape index (κ1) is 11.4. The smallest absolute Gasteiger partial charge is 0.194 e. The van der Waals surface area contributed by atoms with E-state index in [0.29, 0.717) is 12.4 Å². The van der Waals surface area contributed by atoms with Gasteiger partial charge < -0.3 is 10.3 Å². The van der Waals surface area contributed by atoms with Crippen LogP contribution in [0.3, 0.4) is 0 Å². The summed E-state index contributed by atoms with van der Waals surface area (Å²) >= 11 is 0. The molecule has 0 aliphatic heterocycles. The molecule has 2 aromatic heterocycles. The SMILES string of the molecule is Cn1nnc(Cn2ccnc2-c2ccc(N)cc2)n1. The predicted molar refractivity (Wildman–Crippen MR) is 70.0 cm³/mol. The molecule has 0 aliphatic carbocycles. The molecule has 0 atom stereocenters. The summed E-state index contributed by atoms with van der Waals surface area (Å²) in [6.07, 6.45) is 3.64. The van der Waals surface area contributed by atoms with E-state index in [1.54, 1.807) is 13.2 Å². The quantitative estimate of drug-likeness (QED) is 0.696. The first-order valence-corrected chi connectivity index (χ1v) is 5.82. The summed E-state index contributed by atoms with van der Waals surface area (Å²) in [5, 5.41) is 11.9. The molecule has 0 fully saturated rings. The zero-order valence-corrected chi connectivity index (χ0v) is 10.4. The monoisotopic (exact) mass is 255 g/mol. The van der Waals surface area contributed by atoms with Crippen LogP contribution in [0.4, 0.5) is 5.69 Å². The highest BCUT2D eigenvalue weighted by molar-refractivity contribution is 5.59. The van der Waals surface area contributed by atoms with Crippen LogP contribution in [-0.4, -0.2) is 29.8 Å². The van der Waals surface area contributed by atoms with Crippen LogP contribution in [0.1, 0.15) is 5.82 Å². The van der Waals surface area contributed by atoms with Crippen molar-refractivity contribution >= 4 is 5.69 Å². The van der Waals surface area contributed by atoms with Gasteiger partial charge in [0.1, 0.15) is 5.82 Å². The average molecular weight is 255 g/mol. The van der Waals surface area contributed by atoms with E-state index in [-0.39, 0.29) is 0 Å². The highest BCUT2D eigenvalue weighted by Crippen LogP contribution is 2.19. The number of aryl methyl sites for hydroxylation is 1. The summed E-state index contributed by atoms with van der Waals surface area (Å²) < 4.78 is 1.97. The van der Waals surface area contributed by atoms with Crippen molar-refractivity contribution in [2.75, 3.05) is 5.73 Å². The molecule has 0 saturated carbocycles. The van der Waals surface area contributed by atoms with E-state index < -0.39 is 0 Å². The summed E-state index contributed by atoms with van der Waals surface area (Å²) in [5.41, 5.74) is 7.42. The fraction of sp³-hybridized carbons (Fsp3) is 0.167. The number of anilines is 1. The van der Waals surface area contributed by atoms with Gasteiger partial charge in [-0.3, -0.25) is 0 Å². The molecule has 0 amide bonds. The first-order valence-electron chi connectivity index (χ1n) is 5.82. The van der Waals surface area contributed by atoms with Gasteiger partial charge in [0, 0.05) is 23.6 Å². The maximum absolute atomic E-state index is 5.69. The maximum atomic E-state index is 5.69. The average Bonchev–Trinajstić information content (AvgIpc) is 3.00. The molecule has 19 heavy (non-hydrogen) atoms. The molecule has 2 N–H and O–H groups in total. The minimum atomic E-state index is 0.535. The minimum Gasteiger partial charge on any atom is -0.399 e. The van der Waals surface area contributed by atoms with E-state index in [9.17, 15) is 0 Å². The Kier molecular flexibility index (Phi) is 2.71. The van der Waals surface area contributed by atoms with Crippen molar-refractivity contribution in [2.45, 2.75) is 6.54 Å². The summed E-state index contributed by atoms with van der Waals surface area (Å²) in [4.78, 5) is 5.80. The third-order valence-electron chi connectivity index (χ3n) is 2.75. The molecule has 0 radical (unpaired) electrons. The van der Waals surface area contributed by atoms with Crippen LogP contribution in [-0.2, 0) is 13.6 Å². The molecule has 3 rings (SSSR count). The van der Waals surface area contributed by atoms with Gasteiger partial charge in [0.05, 0.1) is 13.6 Å². The first-order chi connectivity index (χ1) is 9.22. The molecule has 96 valence electrons. The lowest BCUT2D eigenvalue weighted by Crippen LogP contribution is -2.03. The zero-order chi connectivity index (χ0) is 13.2. The number of imidazole rings is 1. The second-order valence-corrected chi connectivity index (χ2v) is 4.20. The summed E-state index contributed by atoms with van der Waals surface area (Å²) in [7, 11) is 1.74. The van der Waals surface area contributed by atoms with Crippen LogP contribution in [0.2, 0.25) is 0 Å². The molecular weight excluding hydrogens is 242 g/mol. The summed E-state index contributed by atoms with van der Waals surface area (Å²) in [6, 6.07) is 7.60. The van der Waals surface area contributed by atoms with Gasteiger partial charge in [-0.15, -0.1) is 10.2 Å². The lowest BCUT2D eigenvalue weighted by atomic mass is 10.2. The number of nitrogens with two attached hydrogens (primary N) is 1. The molecule has 0 saturated heterocycles. The van der Waals surface area contributed by atoms with Gasteiger partial charge in [-0.1, -0.05) is 0 Å². The topological polar surface area (TPSA) is 87.4 Å². The highest BCUT2D eigenvalue weighted by atomic mass is 15.6. The normalized spacial score (nSPS) is 10.8. The van der Waals surface area contributed by atoms with Gasteiger partial charge >= 0.3 is 0 Å². The number of aromatic nitrogens is 6. The van der Waals surface area contributed by atoms with Gasteiger partial charge in [-0.2, -0.15) is 4.80 Å². The Morgan fingerprint density at radius 2 is 2.00 bits per heavy atom. The van der Waals surface area contributed by atoms with E-state index >= 15 is 0 Å². The second kappa shape index (κ2) is 4.52. The van der Waals surface area contributed by atoms with Crippen molar-refractivity contribution in [1.82, 2.24) is 29.8 Å². The zero-order valence-electron chi connectivity index (χ0n) is 10.4. The van der Waals surface area contributed by atoms with Crippen molar-refractivity contribution in [1.29, 1.82) is 0 Å². The van der Waals surface area contributed by atoms with Crippen molar-refractivity contribution < 1.29 is 0 Å². The third kappa shape index (κ3) is 2.30. The predicted octanol–water partition coefficient (Wildman–Crippen LogP) is 0.704. The van der Waals surface area contributed by atoms with Crippen molar-refractivity contribution in [3.8, 4) is 11.4 Å². The number of rotatable bonds is 3. The Balaban J connectivity index is 1.92. The number of nitrogens with zero attached hydrogens (tertiary/aromatic N) is 6. The molecule has 0 aliphatic rings. The number of nitrogen functional groups attached to an aromatic ring is 1. The van der Waals surface area contributed by atoms with Crippen molar-refractivity contribution in [2.24, 2.45) is 7.05 Å². The fourth-order valence-electron chi connectivity index (χ4n) is 1.87. The number of benzene rings is 1. The van der Waals surface area contributed by atoms with E-state index in [4.69, 9.17) is 5.73 Å². The molecule has 2 heterocycles. The molecule has 7 nitrogen and oxygen atoms in total. The Bertz CT molecular complexity index is 680. The Hall–Kier alpha value is -2.70. The lowest BCUT2D eigenvalue weighted by molar-refractivity contribution is 0.625. The van der Waals surface area contributed by atoms with Crippen LogP contribution in [0.15, 0.2) is 36.7 Å². The molecule has 3 aromatic rings. The fourth-order valence-corrected chi connectivity index (χ4v) is 1.87. The Labute approximate surface area is 109 Å². The van der Waals surface area contributed by atoms with Crippen LogP contribution in [0, 0.1) is 0 Å². The molecule has 0 spiro atoms. The molecule has 0 bridgehead atoms. The molecule has 7 heteroatoms. The van der Waals surface area contributed by atoms with E-state index in [1.165, 1.54) is 4.80 Å². The van der Waals surface area contributed by atoms with Crippen LogP contribution in [0.25, 0.3) is 11.4 Å². The molecule has 0 unspecified atom stereocenters. The van der Waals surface area contributed by atoms with Crippen LogP contribution < -0.4 is 5.73 Å².